The van der Waals surface area contributed by atoms with Crippen LogP contribution in [-0.4, -0.2) is 9.55 Å². The van der Waals surface area contributed by atoms with Crippen molar-refractivity contribution < 1.29 is 4.39 Å². The Kier molecular flexibility index (Phi) is 3.59. The minimum Gasteiger partial charge on any atom is -0.294 e. The molecule has 0 saturated heterocycles. The molecule has 1 aromatic heterocycles. The largest absolute Gasteiger partial charge is 0.294 e. The van der Waals surface area contributed by atoms with Gasteiger partial charge in [-0.1, -0.05) is 29.3 Å². The summed E-state index contributed by atoms with van der Waals surface area (Å²) in [6.07, 6.45) is 0. The van der Waals surface area contributed by atoms with Gasteiger partial charge in [-0.25, -0.2) is 9.37 Å². The third kappa shape index (κ3) is 2.16. The van der Waals surface area contributed by atoms with Gasteiger partial charge in [0.05, 0.1) is 22.1 Å². The van der Waals surface area contributed by atoms with Gasteiger partial charge in [-0.15, -0.1) is 11.6 Å². The van der Waals surface area contributed by atoms with Crippen LogP contribution in [0.2, 0.25) is 10.0 Å². The van der Waals surface area contributed by atoms with Gasteiger partial charge in [0, 0.05) is 5.02 Å². The molecule has 0 radical (unpaired) electrons. The summed E-state index contributed by atoms with van der Waals surface area (Å²) < 4.78 is 15.6. The van der Waals surface area contributed by atoms with Crippen LogP contribution in [0.4, 0.5) is 4.39 Å². The average molecular weight is 330 g/mol. The number of aromatic nitrogens is 2. The molecule has 2 aromatic carbocycles. The maximum absolute atomic E-state index is 13.8. The van der Waals surface area contributed by atoms with Crippen LogP contribution >= 0.6 is 34.8 Å². The Labute approximate surface area is 129 Å². The number of para-hydroxylation sites is 1. The van der Waals surface area contributed by atoms with Crippen LogP contribution in [0.15, 0.2) is 36.4 Å². The van der Waals surface area contributed by atoms with Crippen molar-refractivity contribution in [3.05, 3.63) is 58.1 Å². The topological polar surface area (TPSA) is 17.8 Å². The molecule has 0 N–H and O–H groups in total. The lowest BCUT2D eigenvalue weighted by Gasteiger charge is -2.10. The summed E-state index contributed by atoms with van der Waals surface area (Å²) in [5.41, 5.74) is 1.49. The van der Waals surface area contributed by atoms with Gasteiger partial charge in [0.2, 0.25) is 0 Å². The van der Waals surface area contributed by atoms with Gasteiger partial charge in [-0.3, -0.25) is 4.57 Å². The molecule has 20 heavy (non-hydrogen) atoms. The first-order valence-electron chi connectivity index (χ1n) is 5.79. The van der Waals surface area contributed by atoms with Gasteiger partial charge in [0.15, 0.2) is 5.82 Å². The number of alkyl halides is 1. The summed E-state index contributed by atoms with van der Waals surface area (Å²) in [6, 6.07) is 9.81. The summed E-state index contributed by atoms with van der Waals surface area (Å²) in [7, 11) is 0. The molecule has 0 aliphatic rings. The molecule has 0 aliphatic heterocycles. The molecule has 0 amide bonds. The van der Waals surface area contributed by atoms with Gasteiger partial charge in [-0.2, -0.15) is 0 Å². The smallest absolute Gasteiger partial charge is 0.151 e. The molecule has 0 aliphatic carbocycles. The number of rotatable bonds is 2. The molecule has 102 valence electrons. The quantitative estimate of drug-likeness (QED) is 0.590. The molecule has 3 aromatic rings. The molecule has 0 unspecified atom stereocenters. The van der Waals surface area contributed by atoms with Gasteiger partial charge in [0.25, 0.3) is 0 Å². The zero-order valence-corrected chi connectivity index (χ0v) is 12.3. The molecule has 1 heterocycles. The van der Waals surface area contributed by atoms with Crippen LogP contribution in [0.1, 0.15) is 5.82 Å². The number of hydrogen-bond acceptors (Lipinski definition) is 1. The maximum Gasteiger partial charge on any atom is 0.151 e. The number of nitrogens with zero attached hydrogens (tertiary/aromatic N) is 2. The van der Waals surface area contributed by atoms with E-state index in [1.807, 2.05) is 0 Å². The fourth-order valence-electron chi connectivity index (χ4n) is 2.13. The summed E-state index contributed by atoms with van der Waals surface area (Å²) in [5.74, 6) is 0.249. The highest BCUT2D eigenvalue weighted by molar-refractivity contribution is 6.34. The highest BCUT2D eigenvalue weighted by atomic mass is 35.5. The van der Waals surface area contributed by atoms with E-state index < -0.39 is 5.82 Å². The van der Waals surface area contributed by atoms with Crippen molar-refractivity contribution in [2.75, 3.05) is 0 Å². The lowest BCUT2D eigenvalue weighted by atomic mass is 10.2. The fraction of sp³-hybridized carbons (Fsp3) is 0.0714. The standard InChI is InChI=1S/C14H8Cl3FN2/c15-7-13-19-14-10(18)2-1-3-11(14)20(13)12-6-8(16)4-5-9(12)17/h1-6H,7H2. The second-order valence-electron chi connectivity index (χ2n) is 4.20. The van der Waals surface area contributed by atoms with E-state index in [1.165, 1.54) is 6.07 Å². The van der Waals surface area contributed by atoms with Crippen LogP contribution in [-0.2, 0) is 5.88 Å². The molecule has 0 bridgehead atoms. The first-order valence-corrected chi connectivity index (χ1v) is 7.08. The molecule has 0 spiro atoms. The summed E-state index contributed by atoms with van der Waals surface area (Å²) in [6.45, 7) is 0. The molecule has 0 saturated carbocycles. The fourth-order valence-corrected chi connectivity index (χ4v) is 2.68. The summed E-state index contributed by atoms with van der Waals surface area (Å²) in [5, 5.41) is 1.02. The zero-order valence-electron chi connectivity index (χ0n) is 10.1. The van der Waals surface area contributed by atoms with E-state index in [0.29, 0.717) is 27.1 Å². The highest BCUT2D eigenvalue weighted by Gasteiger charge is 2.16. The van der Waals surface area contributed by atoms with Crippen molar-refractivity contribution in [3.63, 3.8) is 0 Å². The Balaban J connectivity index is 2.40. The lowest BCUT2D eigenvalue weighted by molar-refractivity contribution is 0.637. The van der Waals surface area contributed by atoms with Crippen molar-refractivity contribution in [1.82, 2.24) is 9.55 Å². The monoisotopic (exact) mass is 328 g/mol. The first kappa shape index (κ1) is 13.7. The van der Waals surface area contributed by atoms with Gasteiger partial charge >= 0.3 is 0 Å². The van der Waals surface area contributed by atoms with E-state index in [0.717, 1.165) is 0 Å². The van der Waals surface area contributed by atoms with E-state index in [-0.39, 0.29) is 11.4 Å². The number of benzene rings is 2. The summed E-state index contributed by atoms with van der Waals surface area (Å²) >= 11 is 18.1. The second kappa shape index (κ2) is 5.24. The third-order valence-electron chi connectivity index (χ3n) is 2.97. The van der Waals surface area contributed by atoms with Crippen LogP contribution in [0.5, 0.6) is 0 Å². The third-order valence-corrected chi connectivity index (χ3v) is 3.77. The Morgan fingerprint density at radius 1 is 1.15 bits per heavy atom. The van der Waals surface area contributed by atoms with Crippen molar-refractivity contribution in [2.45, 2.75) is 5.88 Å². The van der Waals surface area contributed by atoms with Crippen molar-refractivity contribution >= 4 is 45.8 Å². The first-order chi connectivity index (χ1) is 9.61. The zero-order chi connectivity index (χ0) is 14.3. The molecule has 0 atom stereocenters. The second-order valence-corrected chi connectivity index (χ2v) is 5.31. The maximum atomic E-state index is 13.8. The minimum atomic E-state index is -0.397. The molecule has 0 fully saturated rings. The molecule has 6 heteroatoms. The van der Waals surface area contributed by atoms with E-state index in [9.17, 15) is 4.39 Å². The van der Waals surface area contributed by atoms with E-state index in [1.54, 1.807) is 34.9 Å². The van der Waals surface area contributed by atoms with E-state index in [2.05, 4.69) is 4.98 Å². The predicted octanol–water partition coefficient (Wildman–Crippen LogP) is 5.21. The van der Waals surface area contributed by atoms with Crippen molar-refractivity contribution in [1.29, 1.82) is 0 Å². The predicted molar refractivity (Wildman–Crippen MR) is 80.6 cm³/mol. The van der Waals surface area contributed by atoms with Gasteiger partial charge in [0.1, 0.15) is 11.3 Å². The molecular weight excluding hydrogens is 322 g/mol. The summed E-state index contributed by atoms with van der Waals surface area (Å²) in [4.78, 5) is 4.23. The Morgan fingerprint density at radius 3 is 2.70 bits per heavy atom. The average Bonchev–Trinajstić information content (AvgIpc) is 2.81. The van der Waals surface area contributed by atoms with Crippen LogP contribution < -0.4 is 0 Å². The number of imidazole rings is 1. The molecule has 3 rings (SSSR count). The van der Waals surface area contributed by atoms with Crippen molar-refractivity contribution in [3.8, 4) is 5.69 Å². The SMILES string of the molecule is Fc1cccc2c1nc(CCl)n2-c1cc(Cl)ccc1Cl. The molecular formula is C14H8Cl3FN2. The van der Waals surface area contributed by atoms with Crippen molar-refractivity contribution in [2.24, 2.45) is 0 Å². The number of halogens is 4. The highest BCUT2D eigenvalue weighted by Crippen LogP contribution is 2.30. The number of fused-ring (bicyclic) bond motifs is 1. The van der Waals surface area contributed by atoms with Gasteiger partial charge in [-0.05, 0) is 30.3 Å². The molecule has 2 nitrogen and oxygen atoms in total. The van der Waals surface area contributed by atoms with Gasteiger partial charge < -0.3 is 0 Å². The van der Waals surface area contributed by atoms with Crippen LogP contribution in [0.3, 0.4) is 0 Å². The lowest BCUT2D eigenvalue weighted by Crippen LogP contribution is -2.00. The Bertz CT molecular complexity index is 798. The number of hydrogen-bond donors (Lipinski definition) is 0. The van der Waals surface area contributed by atoms with E-state index in [4.69, 9.17) is 34.8 Å². The van der Waals surface area contributed by atoms with Crippen LogP contribution in [0.25, 0.3) is 16.7 Å². The Morgan fingerprint density at radius 2 is 1.95 bits per heavy atom. The van der Waals surface area contributed by atoms with E-state index >= 15 is 0 Å². The Hall–Kier alpha value is -1.29. The normalized spacial score (nSPS) is 11.2. The van der Waals surface area contributed by atoms with Crippen LogP contribution in [0, 0.1) is 5.82 Å². The minimum absolute atomic E-state index is 0.136.